The van der Waals surface area contributed by atoms with Gasteiger partial charge in [-0.15, -0.1) is 12.4 Å². The van der Waals surface area contributed by atoms with Gasteiger partial charge in [-0.25, -0.2) is 0 Å². The molecule has 0 aromatic carbocycles. The molecule has 7 heteroatoms. The van der Waals surface area contributed by atoms with Crippen molar-refractivity contribution in [2.45, 2.75) is 40.0 Å². The first-order chi connectivity index (χ1) is 11.6. The maximum atomic E-state index is 12.5. The summed E-state index contributed by atoms with van der Waals surface area (Å²) < 4.78 is 7.11. The predicted molar refractivity (Wildman–Crippen MR) is 99.8 cm³/mol. The van der Waals surface area contributed by atoms with Gasteiger partial charge in [-0.2, -0.15) is 0 Å². The number of rotatable bonds is 5. The summed E-state index contributed by atoms with van der Waals surface area (Å²) in [5.41, 5.74) is 2.56. The summed E-state index contributed by atoms with van der Waals surface area (Å²) in [6.07, 6.45) is 3.51. The maximum absolute atomic E-state index is 12.5. The summed E-state index contributed by atoms with van der Waals surface area (Å²) >= 11 is 0. The number of halogens is 1. The number of carbonyl (C=O) groups excluding carboxylic acids is 1. The van der Waals surface area contributed by atoms with Gasteiger partial charge in [0.15, 0.2) is 5.82 Å². The fraction of sp³-hybridized carbons (Fsp3) is 0.556. The molecule has 2 N–H and O–H groups in total. The Bertz CT molecular complexity index is 717. The molecule has 0 radical (unpaired) electrons. The van der Waals surface area contributed by atoms with E-state index in [0.717, 1.165) is 49.0 Å². The first-order valence-electron chi connectivity index (χ1n) is 8.68. The van der Waals surface area contributed by atoms with Gasteiger partial charge in [0.25, 0.3) is 5.91 Å². The van der Waals surface area contributed by atoms with Crippen LogP contribution in [-0.2, 0) is 0 Å². The Morgan fingerprint density at radius 3 is 2.84 bits per heavy atom. The van der Waals surface area contributed by atoms with Crippen molar-refractivity contribution in [3.8, 4) is 5.82 Å². The Balaban J connectivity index is 0.00000225. The second-order valence-electron chi connectivity index (χ2n) is 6.67. The fourth-order valence-corrected chi connectivity index (χ4v) is 3.46. The molecule has 3 heterocycles. The molecule has 6 nitrogen and oxygen atoms in total. The molecule has 1 aliphatic rings. The summed E-state index contributed by atoms with van der Waals surface area (Å²) in [6, 6.07) is 3.79. The van der Waals surface area contributed by atoms with Crippen molar-refractivity contribution in [1.29, 1.82) is 0 Å². The van der Waals surface area contributed by atoms with Gasteiger partial charge >= 0.3 is 0 Å². The van der Waals surface area contributed by atoms with Crippen molar-refractivity contribution >= 4 is 18.3 Å². The van der Waals surface area contributed by atoms with E-state index in [1.165, 1.54) is 12.8 Å². The Labute approximate surface area is 154 Å². The van der Waals surface area contributed by atoms with E-state index < -0.39 is 0 Å². The smallest absolute Gasteiger partial charge is 0.253 e. The standard InChI is InChI=1S/C18H26N4O2.ClH/c1-12-9-16(14(3)22(12)17-10-13(2)24-21-17)18(23)20-8-6-15-5-4-7-19-11-15;/h9-10,15,19H,4-8,11H2,1-3H3,(H,20,23);1H. The van der Waals surface area contributed by atoms with Crippen molar-refractivity contribution < 1.29 is 9.32 Å². The Hall–Kier alpha value is -1.79. The second-order valence-corrected chi connectivity index (χ2v) is 6.67. The van der Waals surface area contributed by atoms with Crippen LogP contribution < -0.4 is 10.6 Å². The Morgan fingerprint density at radius 2 is 2.20 bits per heavy atom. The van der Waals surface area contributed by atoms with Gasteiger partial charge in [-0.05, 0) is 65.1 Å². The largest absolute Gasteiger partial charge is 0.360 e. The fourth-order valence-electron chi connectivity index (χ4n) is 3.46. The predicted octanol–water partition coefficient (Wildman–Crippen LogP) is 2.93. The molecule has 1 saturated heterocycles. The van der Waals surface area contributed by atoms with Crippen LogP contribution in [0.25, 0.3) is 5.82 Å². The third kappa shape index (κ3) is 4.44. The number of nitrogens with one attached hydrogen (secondary N) is 2. The summed E-state index contributed by atoms with van der Waals surface area (Å²) in [5.74, 6) is 2.13. The highest BCUT2D eigenvalue weighted by molar-refractivity contribution is 5.95. The lowest BCUT2D eigenvalue weighted by Crippen LogP contribution is -2.33. The zero-order valence-electron chi connectivity index (χ0n) is 15.1. The van der Waals surface area contributed by atoms with E-state index in [0.29, 0.717) is 11.5 Å². The molecule has 25 heavy (non-hydrogen) atoms. The molecule has 1 fully saturated rings. The average molecular weight is 367 g/mol. The third-order valence-electron chi connectivity index (χ3n) is 4.76. The van der Waals surface area contributed by atoms with Gasteiger partial charge in [0.2, 0.25) is 0 Å². The van der Waals surface area contributed by atoms with E-state index in [4.69, 9.17) is 4.52 Å². The number of nitrogens with zero attached hydrogens (tertiary/aromatic N) is 2. The molecule has 138 valence electrons. The highest BCUT2D eigenvalue weighted by Crippen LogP contribution is 2.21. The molecule has 3 rings (SSSR count). The molecule has 0 spiro atoms. The van der Waals surface area contributed by atoms with E-state index in [2.05, 4.69) is 15.8 Å². The van der Waals surface area contributed by atoms with Crippen molar-refractivity contribution in [3.63, 3.8) is 0 Å². The van der Waals surface area contributed by atoms with Crippen molar-refractivity contribution in [3.05, 3.63) is 34.8 Å². The first-order valence-corrected chi connectivity index (χ1v) is 8.68. The van der Waals surface area contributed by atoms with Crippen molar-refractivity contribution in [1.82, 2.24) is 20.4 Å². The SMILES string of the molecule is Cc1cc(-n2c(C)cc(C(=O)NCCC3CCCNC3)c2C)no1.Cl. The summed E-state index contributed by atoms with van der Waals surface area (Å²) in [6.45, 7) is 8.68. The van der Waals surface area contributed by atoms with Gasteiger partial charge in [0.05, 0.1) is 5.56 Å². The zero-order chi connectivity index (χ0) is 17.1. The lowest BCUT2D eigenvalue weighted by atomic mass is 9.96. The molecule has 2 aromatic rings. The molecule has 1 unspecified atom stereocenters. The van der Waals surface area contributed by atoms with E-state index in [9.17, 15) is 4.79 Å². The molecule has 2 aromatic heterocycles. The summed E-state index contributed by atoms with van der Waals surface area (Å²) in [7, 11) is 0. The molecule has 0 bridgehead atoms. The molecule has 1 atom stereocenters. The van der Waals surface area contributed by atoms with Crippen LogP contribution >= 0.6 is 12.4 Å². The minimum atomic E-state index is -0.0154. The van der Waals surface area contributed by atoms with Gasteiger partial charge < -0.3 is 15.2 Å². The lowest BCUT2D eigenvalue weighted by molar-refractivity contribution is 0.0950. The van der Waals surface area contributed by atoms with Crippen LogP contribution in [0.15, 0.2) is 16.7 Å². The van der Waals surface area contributed by atoms with Gasteiger partial charge in [-0.1, -0.05) is 5.16 Å². The molecule has 0 aliphatic carbocycles. The quantitative estimate of drug-likeness (QED) is 0.853. The Kier molecular flexibility index (Phi) is 6.67. The maximum Gasteiger partial charge on any atom is 0.253 e. The molecule has 0 saturated carbocycles. The first kappa shape index (κ1) is 19.5. The molecular weight excluding hydrogens is 340 g/mol. The minimum Gasteiger partial charge on any atom is -0.360 e. The molecule has 1 amide bonds. The second kappa shape index (κ2) is 8.54. The lowest BCUT2D eigenvalue weighted by Gasteiger charge is -2.22. The van der Waals surface area contributed by atoms with Crippen LogP contribution in [0.4, 0.5) is 0 Å². The average Bonchev–Trinajstić information content (AvgIpc) is 3.11. The highest BCUT2D eigenvalue weighted by atomic mass is 35.5. The summed E-state index contributed by atoms with van der Waals surface area (Å²) in [5, 5.41) is 10.5. The number of hydrogen-bond acceptors (Lipinski definition) is 4. The van der Waals surface area contributed by atoms with Crippen LogP contribution in [0.5, 0.6) is 0 Å². The van der Waals surface area contributed by atoms with E-state index in [-0.39, 0.29) is 18.3 Å². The number of piperidine rings is 1. The van der Waals surface area contributed by atoms with Crippen LogP contribution in [0.1, 0.15) is 46.8 Å². The minimum absolute atomic E-state index is 0. The van der Waals surface area contributed by atoms with Crippen molar-refractivity contribution in [2.24, 2.45) is 5.92 Å². The normalized spacial score (nSPS) is 17.2. The van der Waals surface area contributed by atoms with Crippen LogP contribution in [0.2, 0.25) is 0 Å². The summed E-state index contributed by atoms with van der Waals surface area (Å²) in [4.78, 5) is 12.5. The number of carbonyl (C=O) groups is 1. The van der Waals surface area contributed by atoms with Crippen LogP contribution in [0, 0.1) is 26.7 Å². The molecule has 1 aliphatic heterocycles. The Morgan fingerprint density at radius 1 is 1.40 bits per heavy atom. The zero-order valence-corrected chi connectivity index (χ0v) is 15.9. The third-order valence-corrected chi connectivity index (χ3v) is 4.76. The number of hydrogen-bond donors (Lipinski definition) is 2. The van der Waals surface area contributed by atoms with Crippen molar-refractivity contribution in [2.75, 3.05) is 19.6 Å². The van der Waals surface area contributed by atoms with E-state index in [1.54, 1.807) is 0 Å². The van der Waals surface area contributed by atoms with Crippen LogP contribution in [0.3, 0.4) is 0 Å². The van der Waals surface area contributed by atoms with E-state index in [1.807, 2.05) is 37.5 Å². The van der Waals surface area contributed by atoms with Crippen LogP contribution in [-0.4, -0.2) is 35.3 Å². The number of amides is 1. The topological polar surface area (TPSA) is 72.1 Å². The molecular formula is C18H27ClN4O2. The number of aromatic nitrogens is 2. The van der Waals surface area contributed by atoms with Gasteiger partial charge in [0, 0.05) is 24.0 Å². The van der Waals surface area contributed by atoms with Gasteiger partial charge in [0.1, 0.15) is 5.76 Å². The van der Waals surface area contributed by atoms with Gasteiger partial charge in [-0.3, -0.25) is 9.36 Å². The van der Waals surface area contributed by atoms with E-state index >= 15 is 0 Å². The monoisotopic (exact) mass is 366 g/mol. The number of aryl methyl sites for hydroxylation is 2. The highest BCUT2D eigenvalue weighted by Gasteiger charge is 2.19.